The van der Waals surface area contributed by atoms with Gasteiger partial charge in [-0.15, -0.1) is 11.3 Å². The number of likely N-dealkylation sites (N-methyl/N-ethyl adjacent to an activating group) is 1. The first kappa shape index (κ1) is 14.5. The van der Waals surface area contributed by atoms with Gasteiger partial charge < -0.3 is 9.32 Å². The van der Waals surface area contributed by atoms with Gasteiger partial charge in [0, 0.05) is 13.1 Å². The second-order valence-electron chi connectivity index (χ2n) is 4.99. The third-order valence-electron chi connectivity index (χ3n) is 3.53. The standard InChI is InChI=1S/C17H16N2O2S/c1-12(17-18-14-7-3-4-8-15(14)22-17)19(2)16(20)10-9-13-6-5-11-21-13/h3-12H,1-2H3/b10-9+/t12-/m1/s1. The third-order valence-corrected chi connectivity index (χ3v) is 4.74. The molecule has 0 aliphatic rings. The van der Waals surface area contributed by atoms with Gasteiger partial charge in [0.25, 0.3) is 0 Å². The van der Waals surface area contributed by atoms with Crippen molar-refractivity contribution in [3.05, 3.63) is 59.5 Å². The van der Waals surface area contributed by atoms with E-state index in [9.17, 15) is 4.79 Å². The van der Waals surface area contributed by atoms with Gasteiger partial charge in [-0.2, -0.15) is 0 Å². The van der Waals surface area contributed by atoms with E-state index < -0.39 is 0 Å². The van der Waals surface area contributed by atoms with Gasteiger partial charge in [-0.1, -0.05) is 12.1 Å². The number of carbonyl (C=O) groups excluding carboxylic acids is 1. The minimum atomic E-state index is -0.0804. The lowest BCUT2D eigenvalue weighted by atomic mass is 10.3. The molecular formula is C17H16N2O2S. The molecule has 0 spiro atoms. The van der Waals surface area contributed by atoms with Crippen LogP contribution < -0.4 is 0 Å². The zero-order valence-electron chi connectivity index (χ0n) is 12.4. The summed E-state index contributed by atoms with van der Waals surface area (Å²) in [5.41, 5.74) is 0.973. The van der Waals surface area contributed by atoms with Crippen LogP contribution in [0.5, 0.6) is 0 Å². The number of fused-ring (bicyclic) bond motifs is 1. The summed E-state index contributed by atoms with van der Waals surface area (Å²) in [6, 6.07) is 11.5. The average molecular weight is 312 g/mol. The summed E-state index contributed by atoms with van der Waals surface area (Å²) >= 11 is 1.62. The summed E-state index contributed by atoms with van der Waals surface area (Å²) in [6.45, 7) is 1.98. The van der Waals surface area contributed by atoms with Crippen molar-refractivity contribution in [1.82, 2.24) is 9.88 Å². The second kappa shape index (κ2) is 6.15. The molecule has 1 amide bonds. The fourth-order valence-electron chi connectivity index (χ4n) is 2.08. The summed E-state index contributed by atoms with van der Waals surface area (Å²) in [7, 11) is 1.78. The Labute approximate surface area is 132 Å². The number of rotatable bonds is 4. The lowest BCUT2D eigenvalue weighted by Gasteiger charge is -2.21. The summed E-state index contributed by atoms with van der Waals surface area (Å²) in [5, 5.41) is 0.934. The normalized spacial score (nSPS) is 12.8. The van der Waals surface area contributed by atoms with Crippen LogP contribution in [0.2, 0.25) is 0 Å². The highest BCUT2D eigenvalue weighted by Crippen LogP contribution is 2.28. The predicted octanol–water partition coefficient (Wildman–Crippen LogP) is 4.12. The van der Waals surface area contributed by atoms with E-state index in [0.29, 0.717) is 5.76 Å². The minimum Gasteiger partial charge on any atom is -0.465 e. The number of nitrogens with zero attached hydrogens (tertiary/aromatic N) is 2. The highest BCUT2D eigenvalue weighted by atomic mass is 32.1. The van der Waals surface area contributed by atoms with Crippen LogP contribution in [0.3, 0.4) is 0 Å². The minimum absolute atomic E-state index is 0.0776. The van der Waals surface area contributed by atoms with Crippen LogP contribution in [-0.2, 0) is 4.79 Å². The molecule has 3 aromatic rings. The fourth-order valence-corrected chi connectivity index (χ4v) is 3.15. The van der Waals surface area contributed by atoms with Crippen LogP contribution in [0, 0.1) is 0 Å². The average Bonchev–Trinajstić information content (AvgIpc) is 3.19. The molecule has 2 aromatic heterocycles. The first-order valence-corrected chi connectivity index (χ1v) is 7.80. The van der Waals surface area contributed by atoms with Crippen molar-refractivity contribution in [2.45, 2.75) is 13.0 Å². The molecule has 5 heteroatoms. The van der Waals surface area contributed by atoms with Crippen molar-refractivity contribution < 1.29 is 9.21 Å². The maximum atomic E-state index is 12.2. The van der Waals surface area contributed by atoms with Gasteiger partial charge in [0.1, 0.15) is 10.8 Å². The van der Waals surface area contributed by atoms with E-state index in [1.165, 1.54) is 6.08 Å². The molecular weight excluding hydrogens is 296 g/mol. The van der Waals surface area contributed by atoms with Gasteiger partial charge in [0.15, 0.2) is 0 Å². The summed E-state index contributed by atoms with van der Waals surface area (Å²) in [4.78, 5) is 18.5. The molecule has 0 fully saturated rings. The lowest BCUT2D eigenvalue weighted by molar-refractivity contribution is -0.126. The molecule has 2 heterocycles. The van der Waals surface area contributed by atoms with Crippen molar-refractivity contribution >= 4 is 33.5 Å². The summed E-state index contributed by atoms with van der Waals surface area (Å²) in [6.07, 6.45) is 4.77. The third kappa shape index (κ3) is 2.94. The van der Waals surface area contributed by atoms with Gasteiger partial charge in [-0.3, -0.25) is 4.79 Å². The number of hydrogen-bond acceptors (Lipinski definition) is 4. The van der Waals surface area contributed by atoms with Crippen molar-refractivity contribution in [2.75, 3.05) is 7.05 Å². The Bertz CT molecular complexity index is 772. The number of hydrogen-bond donors (Lipinski definition) is 0. The van der Waals surface area contributed by atoms with Crippen molar-refractivity contribution in [3.8, 4) is 0 Å². The molecule has 0 unspecified atom stereocenters. The van der Waals surface area contributed by atoms with Crippen LogP contribution >= 0.6 is 11.3 Å². The van der Waals surface area contributed by atoms with Gasteiger partial charge >= 0.3 is 0 Å². The first-order chi connectivity index (χ1) is 10.6. The van der Waals surface area contributed by atoms with E-state index in [1.807, 2.05) is 31.2 Å². The Hall–Kier alpha value is -2.40. The monoisotopic (exact) mass is 312 g/mol. The second-order valence-corrected chi connectivity index (χ2v) is 6.06. The van der Waals surface area contributed by atoms with Crippen LogP contribution in [0.1, 0.15) is 23.7 Å². The Balaban J connectivity index is 1.75. The number of benzene rings is 1. The molecule has 22 heavy (non-hydrogen) atoms. The molecule has 0 N–H and O–H groups in total. The van der Waals surface area contributed by atoms with Crippen LogP contribution in [0.15, 0.2) is 53.2 Å². The number of aromatic nitrogens is 1. The number of amides is 1. The number of furan rings is 1. The summed E-state index contributed by atoms with van der Waals surface area (Å²) in [5.74, 6) is 0.581. The van der Waals surface area contributed by atoms with Crippen molar-refractivity contribution in [1.29, 1.82) is 0 Å². The highest BCUT2D eigenvalue weighted by molar-refractivity contribution is 7.18. The smallest absolute Gasteiger partial charge is 0.247 e. The van der Waals surface area contributed by atoms with E-state index >= 15 is 0 Å². The molecule has 0 radical (unpaired) electrons. The molecule has 0 aliphatic carbocycles. The van der Waals surface area contributed by atoms with Gasteiger partial charge in [0.2, 0.25) is 5.91 Å². The Kier molecular flexibility index (Phi) is 4.06. The quantitative estimate of drug-likeness (QED) is 0.681. The van der Waals surface area contributed by atoms with Crippen LogP contribution in [-0.4, -0.2) is 22.8 Å². The molecule has 112 valence electrons. The molecule has 1 atom stereocenters. The van der Waals surface area contributed by atoms with Gasteiger partial charge in [0.05, 0.1) is 22.5 Å². The zero-order valence-corrected chi connectivity index (χ0v) is 13.2. The molecule has 0 bridgehead atoms. The predicted molar refractivity (Wildman–Crippen MR) is 88.5 cm³/mol. The Morgan fingerprint density at radius 1 is 1.32 bits per heavy atom. The highest BCUT2D eigenvalue weighted by Gasteiger charge is 2.19. The topological polar surface area (TPSA) is 46.3 Å². The van der Waals surface area contributed by atoms with E-state index in [-0.39, 0.29) is 11.9 Å². The summed E-state index contributed by atoms with van der Waals surface area (Å²) < 4.78 is 6.32. The number of carbonyl (C=O) groups is 1. The maximum absolute atomic E-state index is 12.2. The molecule has 0 aliphatic heterocycles. The Morgan fingerprint density at radius 2 is 2.14 bits per heavy atom. The molecule has 3 rings (SSSR count). The zero-order chi connectivity index (χ0) is 15.5. The number of thiazole rings is 1. The lowest BCUT2D eigenvalue weighted by Crippen LogP contribution is -2.27. The largest absolute Gasteiger partial charge is 0.465 e. The van der Waals surface area contributed by atoms with Crippen molar-refractivity contribution in [2.24, 2.45) is 0 Å². The van der Waals surface area contributed by atoms with Crippen molar-refractivity contribution in [3.63, 3.8) is 0 Å². The van der Waals surface area contributed by atoms with Gasteiger partial charge in [-0.05, 0) is 37.3 Å². The van der Waals surface area contributed by atoms with E-state index in [0.717, 1.165) is 15.2 Å². The molecule has 4 nitrogen and oxygen atoms in total. The number of para-hydroxylation sites is 1. The molecule has 0 saturated carbocycles. The van der Waals surface area contributed by atoms with Crippen LogP contribution in [0.25, 0.3) is 16.3 Å². The SMILES string of the molecule is C[C@H](c1nc2ccccc2s1)N(C)C(=O)/C=C/c1ccco1. The fraction of sp³-hybridized carbons (Fsp3) is 0.176. The molecule has 0 saturated heterocycles. The van der Waals surface area contributed by atoms with E-state index in [4.69, 9.17) is 4.42 Å². The van der Waals surface area contributed by atoms with E-state index in [2.05, 4.69) is 4.98 Å². The van der Waals surface area contributed by atoms with Crippen LogP contribution in [0.4, 0.5) is 0 Å². The first-order valence-electron chi connectivity index (χ1n) is 6.99. The van der Waals surface area contributed by atoms with E-state index in [1.54, 1.807) is 47.8 Å². The maximum Gasteiger partial charge on any atom is 0.247 e. The molecule has 1 aromatic carbocycles. The van der Waals surface area contributed by atoms with Gasteiger partial charge in [-0.25, -0.2) is 4.98 Å². The Morgan fingerprint density at radius 3 is 2.86 bits per heavy atom.